The molecule has 9 nitrogen and oxygen atoms in total. The Balaban J connectivity index is 1.44. The fourth-order valence-corrected chi connectivity index (χ4v) is 4.90. The van der Waals surface area contributed by atoms with Crippen LogP contribution in [-0.2, 0) is 9.59 Å². The number of rotatable bonds is 10. The first-order chi connectivity index (χ1) is 19.3. The quantitative estimate of drug-likeness (QED) is 0.172. The maximum absolute atomic E-state index is 13.2. The van der Waals surface area contributed by atoms with Gasteiger partial charge in [-0.15, -0.1) is 22.0 Å². The number of carbonyl (C=O) groups is 3. The zero-order valence-corrected chi connectivity index (χ0v) is 23.6. The van der Waals surface area contributed by atoms with Crippen LogP contribution in [0, 0.1) is 6.92 Å². The van der Waals surface area contributed by atoms with Crippen LogP contribution in [0.5, 0.6) is 5.75 Å². The van der Waals surface area contributed by atoms with Crippen LogP contribution in [0.3, 0.4) is 0 Å². The SMILES string of the molecule is COc1ccc(/C=C(\NC(=O)c2ccccc2)C(=O)Nc2ccc(S[C@H](C)C(=O)Nc3nnc(C)s3)cc2)cc1. The summed E-state index contributed by atoms with van der Waals surface area (Å²) in [7, 11) is 1.57. The van der Waals surface area contributed by atoms with Crippen LogP contribution in [-0.4, -0.2) is 40.3 Å². The smallest absolute Gasteiger partial charge is 0.272 e. The van der Waals surface area contributed by atoms with E-state index < -0.39 is 11.8 Å². The molecule has 0 bridgehead atoms. The summed E-state index contributed by atoms with van der Waals surface area (Å²) < 4.78 is 5.20. The molecule has 4 rings (SSSR count). The van der Waals surface area contributed by atoms with Crippen molar-refractivity contribution in [1.82, 2.24) is 15.5 Å². The number of methoxy groups -OCH3 is 1. The lowest BCUT2D eigenvalue weighted by molar-refractivity contribution is -0.115. The van der Waals surface area contributed by atoms with E-state index in [1.54, 1.807) is 80.8 Å². The number of ether oxygens (including phenoxy) is 1. The highest BCUT2D eigenvalue weighted by molar-refractivity contribution is 8.00. The first-order valence-corrected chi connectivity index (χ1v) is 13.9. The van der Waals surface area contributed by atoms with Gasteiger partial charge in [0.1, 0.15) is 16.5 Å². The second kappa shape index (κ2) is 13.5. The van der Waals surface area contributed by atoms with Gasteiger partial charge in [0.25, 0.3) is 11.8 Å². The molecule has 0 unspecified atom stereocenters. The van der Waals surface area contributed by atoms with E-state index >= 15 is 0 Å². The van der Waals surface area contributed by atoms with Gasteiger partial charge in [-0.3, -0.25) is 19.7 Å². The highest BCUT2D eigenvalue weighted by Crippen LogP contribution is 2.26. The number of carbonyl (C=O) groups excluding carboxylic acids is 3. The molecule has 3 aromatic carbocycles. The molecule has 40 heavy (non-hydrogen) atoms. The first-order valence-electron chi connectivity index (χ1n) is 12.2. The molecular formula is C29H27N5O4S2. The molecule has 0 saturated carbocycles. The van der Waals surface area contributed by atoms with Crippen molar-refractivity contribution in [3.05, 3.63) is 101 Å². The normalized spacial score (nSPS) is 11.8. The van der Waals surface area contributed by atoms with Crippen LogP contribution in [0.1, 0.15) is 27.9 Å². The average molecular weight is 574 g/mol. The molecule has 1 aromatic heterocycles. The number of nitrogens with one attached hydrogen (secondary N) is 3. The number of thioether (sulfide) groups is 1. The lowest BCUT2D eigenvalue weighted by Crippen LogP contribution is -2.30. The zero-order valence-electron chi connectivity index (χ0n) is 22.0. The molecule has 3 amide bonds. The summed E-state index contributed by atoms with van der Waals surface area (Å²) >= 11 is 2.69. The maximum atomic E-state index is 13.2. The van der Waals surface area contributed by atoms with E-state index in [4.69, 9.17) is 4.74 Å². The van der Waals surface area contributed by atoms with Crippen LogP contribution in [0.15, 0.2) is 89.5 Å². The number of aryl methyl sites for hydroxylation is 1. The molecule has 0 spiro atoms. The van der Waals surface area contributed by atoms with E-state index in [1.807, 2.05) is 25.1 Å². The lowest BCUT2D eigenvalue weighted by Gasteiger charge is -2.13. The minimum absolute atomic E-state index is 0.0784. The standard InChI is InChI=1S/C29H27N5O4S2/c1-18(26(35)32-29-34-33-19(2)40-29)39-24-15-11-22(12-16-24)30-28(37)25(17-20-9-13-23(38-3)14-10-20)31-27(36)21-7-5-4-6-8-21/h4-18H,1-3H3,(H,30,37)(H,31,36)(H,32,34,35)/b25-17-/t18-/m1/s1. The largest absolute Gasteiger partial charge is 0.497 e. The second-order valence-corrected chi connectivity index (χ2v) is 11.1. The summed E-state index contributed by atoms with van der Waals surface area (Å²) in [5, 5.41) is 17.0. The molecule has 204 valence electrons. The zero-order chi connectivity index (χ0) is 28.5. The Labute approximate surface area is 240 Å². The third-order valence-corrected chi connectivity index (χ3v) is 7.37. The molecular weight excluding hydrogens is 546 g/mol. The highest BCUT2D eigenvalue weighted by Gasteiger charge is 2.18. The molecule has 0 fully saturated rings. The minimum Gasteiger partial charge on any atom is -0.497 e. The summed E-state index contributed by atoms with van der Waals surface area (Å²) in [4.78, 5) is 39.4. The van der Waals surface area contributed by atoms with Crippen LogP contribution in [0.4, 0.5) is 10.8 Å². The van der Waals surface area contributed by atoms with Crippen LogP contribution >= 0.6 is 23.1 Å². The topological polar surface area (TPSA) is 122 Å². The molecule has 1 atom stereocenters. The Morgan fingerprint density at radius 2 is 1.62 bits per heavy atom. The highest BCUT2D eigenvalue weighted by atomic mass is 32.2. The third-order valence-electron chi connectivity index (χ3n) is 5.51. The molecule has 0 saturated heterocycles. The lowest BCUT2D eigenvalue weighted by atomic mass is 10.1. The molecule has 0 aliphatic rings. The van der Waals surface area contributed by atoms with Crippen LogP contribution < -0.4 is 20.7 Å². The van der Waals surface area contributed by atoms with E-state index in [-0.39, 0.29) is 16.9 Å². The van der Waals surface area contributed by atoms with E-state index in [0.717, 1.165) is 9.90 Å². The Bertz CT molecular complexity index is 1500. The summed E-state index contributed by atoms with van der Waals surface area (Å²) in [5.41, 5.74) is 1.75. The van der Waals surface area contributed by atoms with Crippen molar-refractivity contribution in [2.75, 3.05) is 17.7 Å². The molecule has 0 aliphatic heterocycles. The second-order valence-electron chi connectivity index (χ2n) is 8.51. The number of hydrogen-bond acceptors (Lipinski definition) is 8. The summed E-state index contributed by atoms with van der Waals surface area (Å²) in [5.74, 6) is -0.392. The number of hydrogen-bond donors (Lipinski definition) is 3. The van der Waals surface area contributed by atoms with Gasteiger partial charge < -0.3 is 15.4 Å². The van der Waals surface area contributed by atoms with Gasteiger partial charge in [0.15, 0.2) is 0 Å². The van der Waals surface area contributed by atoms with Gasteiger partial charge in [0.2, 0.25) is 11.0 Å². The van der Waals surface area contributed by atoms with E-state index in [1.165, 1.54) is 23.1 Å². The van der Waals surface area contributed by atoms with E-state index in [0.29, 0.717) is 27.7 Å². The van der Waals surface area contributed by atoms with Gasteiger partial charge in [-0.1, -0.05) is 41.7 Å². The Morgan fingerprint density at radius 3 is 2.25 bits per heavy atom. The monoisotopic (exact) mass is 573 g/mol. The van der Waals surface area contributed by atoms with Crippen molar-refractivity contribution in [2.45, 2.75) is 24.0 Å². The van der Waals surface area contributed by atoms with E-state index in [9.17, 15) is 14.4 Å². The third kappa shape index (κ3) is 8.01. The van der Waals surface area contributed by atoms with Crippen molar-refractivity contribution < 1.29 is 19.1 Å². The van der Waals surface area contributed by atoms with Crippen molar-refractivity contribution >= 4 is 57.7 Å². The summed E-state index contributed by atoms with van der Waals surface area (Å²) in [6.45, 7) is 3.62. The Morgan fingerprint density at radius 1 is 0.925 bits per heavy atom. The van der Waals surface area contributed by atoms with E-state index in [2.05, 4.69) is 26.1 Å². The van der Waals surface area contributed by atoms with Gasteiger partial charge in [-0.05, 0) is 74.0 Å². The average Bonchev–Trinajstić information content (AvgIpc) is 3.38. The van der Waals surface area contributed by atoms with Gasteiger partial charge in [0.05, 0.1) is 12.4 Å². The minimum atomic E-state index is -0.486. The van der Waals surface area contributed by atoms with Crippen molar-refractivity contribution in [3.8, 4) is 5.75 Å². The van der Waals surface area contributed by atoms with Crippen molar-refractivity contribution in [1.29, 1.82) is 0 Å². The first kappa shape index (κ1) is 28.5. The summed E-state index contributed by atoms with van der Waals surface area (Å²) in [6.07, 6.45) is 1.60. The van der Waals surface area contributed by atoms with Gasteiger partial charge in [-0.2, -0.15) is 0 Å². The summed E-state index contributed by atoms with van der Waals surface area (Å²) in [6, 6.07) is 22.9. The van der Waals surface area contributed by atoms with Crippen molar-refractivity contribution in [3.63, 3.8) is 0 Å². The number of benzene rings is 3. The van der Waals surface area contributed by atoms with Gasteiger partial charge in [0, 0.05) is 16.1 Å². The Kier molecular flexibility index (Phi) is 9.66. The molecule has 1 heterocycles. The predicted octanol–water partition coefficient (Wildman–Crippen LogP) is 5.38. The fraction of sp³-hybridized carbons (Fsp3) is 0.138. The fourth-order valence-electron chi connectivity index (χ4n) is 3.44. The number of nitrogens with zero attached hydrogens (tertiary/aromatic N) is 2. The molecule has 4 aromatic rings. The van der Waals surface area contributed by atoms with Gasteiger partial charge in [-0.25, -0.2) is 0 Å². The number of aromatic nitrogens is 2. The van der Waals surface area contributed by atoms with Crippen molar-refractivity contribution in [2.24, 2.45) is 0 Å². The maximum Gasteiger partial charge on any atom is 0.272 e. The van der Waals surface area contributed by atoms with Crippen LogP contribution in [0.2, 0.25) is 0 Å². The molecule has 0 radical (unpaired) electrons. The Hall–Kier alpha value is -4.48. The van der Waals surface area contributed by atoms with Gasteiger partial charge >= 0.3 is 0 Å². The number of amides is 3. The predicted molar refractivity (Wildman–Crippen MR) is 159 cm³/mol. The molecule has 0 aliphatic carbocycles. The molecule has 11 heteroatoms. The molecule has 3 N–H and O–H groups in total. The number of anilines is 2. The van der Waals surface area contributed by atoms with Crippen LogP contribution in [0.25, 0.3) is 6.08 Å².